The van der Waals surface area contributed by atoms with E-state index in [1.165, 1.54) is 30.3 Å². The molecule has 9 nitrogen and oxygen atoms in total. The first kappa shape index (κ1) is 34.1. The second-order valence-corrected chi connectivity index (χ2v) is 12.5. The number of ether oxygens (including phenoxy) is 1. The molecule has 0 N–H and O–H groups in total. The average molecular weight is 724 g/mol. The quantitative estimate of drug-likeness (QED) is 0.135. The zero-order valence-electron chi connectivity index (χ0n) is 24.2. The number of hydrogen-bond acceptors (Lipinski definition) is 8. The Balaban J connectivity index is 1.70. The van der Waals surface area contributed by atoms with Gasteiger partial charge in [-0.2, -0.15) is 13.8 Å². The van der Waals surface area contributed by atoms with Gasteiger partial charge in [0.1, 0.15) is 5.69 Å². The van der Waals surface area contributed by atoms with Crippen molar-refractivity contribution in [2.45, 2.75) is 32.4 Å². The molecule has 3 aromatic rings. The summed E-state index contributed by atoms with van der Waals surface area (Å²) in [6.07, 6.45) is 0.0584. The number of carbonyl (C=O) groups is 4. The normalized spacial score (nSPS) is 13.0. The summed E-state index contributed by atoms with van der Waals surface area (Å²) in [6.45, 7) is 3.60. The van der Waals surface area contributed by atoms with Crippen LogP contribution in [0.5, 0.6) is 0 Å². The van der Waals surface area contributed by atoms with Crippen LogP contribution in [0.3, 0.4) is 0 Å². The van der Waals surface area contributed by atoms with E-state index >= 15 is 13.2 Å². The first-order valence-corrected chi connectivity index (χ1v) is 15.6. The summed E-state index contributed by atoms with van der Waals surface area (Å²) in [6, 6.07) is 12.3. The van der Waals surface area contributed by atoms with E-state index in [-0.39, 0.29) is 47.3 Å². The van der Waals surface area contributed by atoms with Crippen molar-refractivity contribution >= 4 is 85.1 Å². The molecule has 15 heteroatoms. The van der Waals surface area contributed by atoms with Crippen molar-refractivity contribution in [2.75, 3.05) is 29.5 Å². The Morgan fingerprint density at radius 2 is 1.67 bits per heavy atom. The van der Waals surface area contributed by atoms with Crippen molar-refractivity contribution in [3.63, 3.8) is 0 Å². The lowest BCUT2D eigenvalue weighted by Crippen LogP contribution is -2.40. The molecule has 236 valence electrons. The van der Waals surface area contributed by atoms with Crippen LogP contribution in [0.25, 0.3) is 0 Å². The second-order valence-electron chi connectivity index (χ2n) is 9.69. The standard InChI is InChI=1S/C30H26BrF3N4O5S2/c1-4-43-30(44)45-20(12-13-36-28(41)21-10-5-6-11-22(21)29(36)42)15-37(16(2)39)27-24(33)25(23(32)26(34)35-27)38(17(3)40)19-9-7-8-18(31)14-19/h5-11,14,20H,4,12-13,15H2,1-3H3. The van der Waals surface area contributed by atoms with Crippen molar-refractivity contribution in [3.8, 4) is 0 Å². The van der Waals surface area contributed by atoms with Crippen LogP contribution < -0.4 is 9.80 Å². The maximum Gasteiger partial charge on any atom is 0.261 e. The fourth-order valence-corrected chi connectivity index (χ4v) is 6.53. The molecule has 0 saturated carbocycles. The molecule has 2 heterocycles. The number of halogens is 4. The number of pyridine rings is 1. The summed E-state index contributed by atoms with van der Waals surface area (Å²) >= 11 is 9.50. The second kappa shape index (κ2) is 14.5. The van der Waals surface area contributed by atoms with Gasteiger partial charge in [0.25, 0.3) is 17.8 Å². The number of hydrogen-bond donors (Lipinski definition) is 0. The van der Waals surface area contributed by atoms with Gasteiger partial charge in [0, 0.05) is 36.7 Å². The van der Waals surface area contributed by atoms with E-state index in [4.69, 9.17) is 17.0 Å². The minimum Gasteiger partial charge on any atom is -0.479 e. The fraction of sp³-hybridized carbons (Fsp3) is 0.267. The molecule has 1 aliphatic rings. The van der Waals surface area contributed by atoms with Crippen LogP contribution in [0.2, 0.25) is 0 Å². The molecule has 4 amide bonds. The predicted molar refractivity (Wildman–Crippen MR) is 171 cm³/mol. The molecule has 0 saturated heterocycles. The molecule has 1 unspecified atom stereocenters. The van der Waals surface area contributed by atoms with E-state index in [1.54, 1.807) is 25.1 Å². The van der Waals surface area contributed by atoms with Gasteiger partial charge in [-0.15, -0.1) is 0 Å². The summed E-state index contributed by atoms with van der Waals surface area (Å²) in [4.78, 5) is 57.3. The van der Waals surface area contributed by atoms with Crippen molar-refractivity contribution in [1.82, 2.24) is 9.88 Å². The summed E-state index contributed by atoms with van der Waals surface area (Å²) in [5.74, 6) is -8.42. The Morgan fingerprint density at radius 3 is 2.22 bits per heavy atom. The zero-order valence-corrected chi connectivity index (χ0v) is 27.4. The molecule has 1 aromatic heterocycles. The fourth-order valence-electron chi connectivity index (χ4n) is 4.71. The summed E-state index contributed by atoms with van der Waals surface area (Å²) in [5, 5.41) is -0.732. The smallest absolute Gasteiger partial charge is 0.261 e. The molecule has 0 spiro atoms. The molecular weight excluding hydrogens is 697 g/mol. The summed E-state index contributed by atoms with van der Waals surface area (Å²) in [5.41, 5.74) is -0.530. The van der Waals surface area contributed by atoms with Gasteiger partial charge >= 0.3 is 0 Å². The molecule has 1 atom stereocenters. The summed E-state index contributed by atoms with van der Waals surface area (Å²) < 4.78 is 52.4. The van der Waals surface area contributed by atoms with Crippen LogP contribution in [-0.2, 0) is 14.3 Å². The molecule has 0 fully saturated rings. The first-order valence-electron chi connectivity index (χ1n) is 13.5. The monoisotopic (exact) mass is 722 g/mol. The highest BCUT2D eigenvalue weighted by Crippen LogP contribution is 2.37. The lowest BCUT2D eigenvalue weighted by atomic mass is 10.1. The van der Waals surface area contributed by atoms with Crippen LogP contribution in [-0.4, -0.2) is 62.8 Å². The number of anilines is 3. The molecule has 1 aliphatic heterocycles. The van der Waals surface area contributed by atoms with Crippen molar-refractivity contribution in [1.29, 1.82) is 0 Å². The Morgan fingerprint density at radius 1 is 1.02 bits per heavy atom. The molecule has 0 aliphatic carbocycles. The van der Waals surface area contributed by atoms with Crippen molar-refractivity contribution in [2.24, 2.45) is 0 Å². The van der Waals surface area contributed by atoms with Gasteiger partial charge in [-0.1, -0.05) is 45.9 Å². The number of benzene rings is 2. The summed E-state index contributed by atoms with van der Waals surface area (Å²) in [7, 11) is 0. The third kappa shape index (κ3) is 7.36. The Labute approximate surface area is 274 Å². The molecule has 0 radical (unpaired) electrons. The van der Waals surface area contributed by atoms with Crippen LogP contribution in [0.4, 0.5) is 30.4 Å². The van der Waals surface area contributed by atoms with Gasteiger partial charge in [0.05, 0.1) is 23.4 Å². The third-order valence-electron chi connectivity index (χ3n) is 6.70. The van der Waals surface area contributed by atoms with Gasteiger partial charge in [-0.3, -0.25) is 33.9 Å². The van der Waals surface area contributed by atoms with Crippen LogP contribution >= 0.6 is 39.9 Å². The van der Waals surface area contributed by atoms with Gasteiger partial charge < -0.3 is 4.74 Å². The molecule has 2 aromatic carbocycles. The minimum absolute atomic E-state index is 0.0250. The van der Waals surface area contributed by atoms with E-state index in [9.17, 15) is 19.2 Å². The Kier molecular flexibility index (Phi) is 11.0. The topological polar surface area (TPSA) is 100 Å². The molecule has 0 bridgehead atoms. The van der Waals surface area contributed by atoms with E-state index in [1.807, 2.05) is 0 Å². The van der Waals surface area contributed by atoms with Crippen LogP contribution in [0.15, 0.2) is 53.0 Å². The number of imide groups is 1. The van der Waals surface area contributed by atoms with Crippen molar-refractivity contribution < 1.29 is 37.1 Å². The SMILES string of the molecule is CCOC(=S)SC(CCN1C(=O)c2ccccc2C1=O)CN(C(C)=O)c1nc(F)c(F)c(N(C(C)=O)c2cccc(Br)c2)c1F. The number of rotatable bonds is 10. The Hall–Kier alpha value is -3.82. The Bertz CT molecular complexity index is 1660. The number of fused-ring (bicyclic) bond motifs is 1. The number of nitrogens with zero attached hydrogens (tertiary/aromatic N) is 4. The zero-order chi connectivity index (χ0) is 33.0. The van der Waals surface area contributed by atoms with Crippen molar-refractivity contribution in [3.05, 3.63) is 81.7 Å². The van der Waals surface area contributed by atoms with Gasteiger partial charge in [0.15, 0.2) is 11.6 Å². The highest BCUT2D eigenvalue weighted by Gasteiger charge is 2.37. The van der Waals surface area contributed by atoms with Crippen LogP contribution in [0, 0.1) is 17.6 Å². The number of thiocarbonyl (C=S) groups is 1. The average Bonchev–Trinajstić information content (AvgIpc) is 3.23. The molecule has 4 rings (SSSR count). The maximum absolute atomic E-state index is 16.2. The molecular formula is C30H26BrF3N4O5S2. The van der Waals surface area contributed by atoms with E-state index in [2.05, 4.69) is 20.9 Å². The highest BCUT2D eigenvalue weighted by atomic mass is 79.9. The van der Waals surface area contributed by atoms with Crippen LogP contribution in [0.1, 0.15) is 47.9 Å². The van der Waals surface area contributed by atoms with E-state index < -0.39 is 58.0 Å². The minimum atomic E-state index is -1.74. The van der Waals surface area contributed by atoms with E-state index in [0.29, 0.717) is 9.37 Å². The lowest BCUT2D eigenvalue weighted by molar-refractivity contribution is -0.117. The van der Waals surface area contributed by atoms with Gasteiger partial charge in [0.2, 0.25) is 22.0 Å². The predicted octanol–water partition coefficient (Wildman–Crippen LogP) is 6.41. The lowest BCUT2D eigenvalue weighted by Gasteiger charge is -2.29. The number of aromatic nitrogens is 1. The first-order chi connectivity index (χ1) is 21.3. The van der Waals surface area contributed by atoms with E-state index in [0.717, 1.165) is 35.4 Å². The number of thioether (sulfide) groups is 1. The molecule has 45 heavy (non-hydrogen) atoms. The maximum atomic E-state index is 16.2. The number of amides is 4. The van der Waals surface area contributed by atoms with Gasteiger partial charge in [-0.25, -0.2) is 4.39 Å². The highest BCUT2D eigenvalue weighted by molar-refractivity contribution is 9.10. The van der Waals surface area contributed by atoms with Gasteiger partial charge in [-0.05, 0) is 55.9 Å². The third-order valence-corrected chi connectivity index (χ3v) is 8.63. The number of carbonyl (C=O) groups excluding carboxylic acids is 4. The largest absolute Gasteiger partial charge is 0.479 e.